The Hall–Kier alpha value is -3.68. The first-order valence-electron chi connectivity index (χ1n) is 12.0. The number of likely N-dealkylation sites (N-methyl/N-ethyl adjacent to an activating group) is 1. The number of aromatic nitrogens is 2. The fraction of sp³-hybridized carbons (Fsp3) is 0.250. The number of nitrogens with zero attached hydrogens (tertiary/aromatic N) is 4. The van der Waals surface area contributed by atoms with Gasteiger partial charge in [0.15, 0.2) is 0 Å². The number of piperazine rings is 1. The molecule has 7 nitrogen and oxygen atoms in total. The summed E-state index contributed by atoms with van der Waals surface area (Å²) < 4.78 is 5.37. The third-order valence-corrected chi connectivity index (χ3v) is 6.95. The monoisotopic (exact) mass is 501 g/mol. The van der Waals surface area contributed by atoms with Crippen molar-refractivity contribution >= 4 is 39.9 Å². The number of rotatable bonds is 6. The zero-order chi connectivity index (χ0) is 25.1. The van der Waals surface area contributed by atoms with Gasteiger partial charge in [-0.2, -0.15) is 0 Å². The average molecular weight is 502 g/mol. The van der Waals surface area contributed by atoms with E-state index in [4.69, 9.17) is 16.3 Å². The first kappa shape index (κ1) is 24.0. The van der Waals surface area contributed by atoms with Crippen molar-refractivity contribution in [2.45, 2.75) is 6.92 Å². The molecule has 5 rings (SSSR count). The summed E-state index contributed by atoms with van der Waals surface area (Å²) in [4.78, 5) is 27.2. The van der Waals surface area contributed by atoms with Gasteiger partial charge in [0.25, 0.3) is 5.91 Å². The SMILES string of the molecule is CCN1CCN(c2cccc(NC(=O)c3ccc(-c4cc(OC)ccc4Cl)c4nccnc34)c2)CC1. The normalized spacial score (nSPS) is 14.1. The van der Waals surface area contributed by atoms with E-state index in [2.05, 4.69) is 38.1 Å². The van der Waals surface area contributed by atoms with Crippen LogP contribution in [0.1, 0.15) is 17.3 Å². The first-order chi connectivity index (χ1) is 17.6. The van der Waals surface area contributed by atoms with Crippen molar-refractivity contribution in [3.63, 3.8) is 0 Å². The van der Waals surface area contributed by atoms with Crippen LogP contribution in [0.25, 0.3) is 22.2 Å². The van der Waals surface area contributed by atoms with Gasteiger partial charge in [0, 0.05) is 66.1 Å². The lowest BCUT2D eigenvalue weighted by Gasteiger charge is -2.35. The third kappa shape index (κ3) is 4.85. The van der Waals surface area contributed by atoms with E-state index in [-0.39, 0.29) is 5.91 Å². The fourth-order valence-electron chi connectivity index (χ4n) is 4.60. The topological polar surface area (TPSA) is 70.6 Å². The lowest BCUT2D eigenvalue weighted by molar-refractivity contribution is 0.102. The van der Waals surface area contributed by atoms with Gasteiger partial charge >= 0.3 is 0 Å². The van der Waals surface area contributed by atoms with Gasteiger partial charge in [-0.1, -0.05) is 30.7 Å². The number of hydrogen-bond donors (Lipinski definition) is 1. The van der Waals surface area contributed by atoms with Crippen molar-refractivity contribution < 1.29 is 9.53 Å². The highest BCUT2D eigenvalue weighted by Gasteiger charge is 2.19. The van der Waals surface area contributed by atoms with E-state index >= 15 is 0 Å². The van der Waals surface area contributed by atoms with Crippen LogP contribution in [0.2, 0.25) is 5.02 Å². The molecule has 8 heteroatoms. The summed E-state index contributed by atoms with van der Waals surface area (Å²) in [5.74, 6) is 0.445. The molecule has 184 valence electrons. The van der Waals surface area contributed by atoms with E-state index in [0.717, 1.165) is 55.2 Å². The Kier molecular flexibility index (Phi) is 7.02. The average Bonchev–Trinajstić information content (AvgIpc) is 2.93. The number of amides is 1. The molecule has 0 spiro atoms. The van der Waals surface area contributed by atoms with Crippen molar-refractivity contribution in [2.75, 3.05) is 50.1 Å². The minimum atomic E-state index is -0.239. The van der Waals surface area contributed by atoms with Crippen molar-refractivity contribution in [1.82, 2.24) is 14.9 Å². The zero-order valence-electron chi connectivity index (χ0n) is 20.4. The largest absolute Gasteiger partial charge is 0.497 e. The van der Waals surface area contributed by atoms with Crippen LogP contribution in [-0.4, -0.2) is 60.6 Å². The number of ether oxygens (including phenoxy) is 1. The van der Waals surface area contributed by atoms with Crippen LogP contribution in [0.5, 0.6) is 5.75 Å². The molecule has 0 atom stereocenters. The Labute approximate surface area is 215 Å². The molecule has 1 amide bonds. The number of benzene rings is 3. The predicted octanol–water partition coefficient (Wildman–Crippen LogP) is 5.35. The van der Waals surface area contributed by atoms with E-state index in [1.807, 2.05) is 30.3 Å². The Morgan fingerprint density at radius 2 is 1.75 bits per heavy atom. The molecule has 0 unspecified atom stereocenters. The fourth-order valence-corrected chi connectivity index (χ4v) is 4.82. The van der Waals surface area contributed by atoms with E-state index in [0.29, 0.717) is 27.4 Å². The summed E-state index contributed by atoms with van der Waals surface area (Å²) in [7, 11) is 1.61. The molecule has 0 aliphatic carbocycles. The second-order valence-electron chi connectivity index (χ2n) is 8.69. The Morgan fingerprint density at radius 3 is 2.50 bits per heavy atom. The molecule has 36 heavy (non-hydrogen) atoms. The lowest BCUT2D eigenvalue weighted by Crippen LogP contribution is -2.46. The van der Waals surface area contributed by atoms with Crippen LogP contribution in [0.3, 0.4) is 0 Å². The molecule has 0 bridgehead atoms. The van der Waals surface area contributed by atoms with Crippen molar-refractivity contribution in [3.05, 3.63) is 77.6 Å². The number of fused-ring (bicyclic) bond motifs is 1. The van der Waals surface area contributed by atoms with Gasteiger partial charge in [-0.3, -0.25) is 14.8 Å². The molecule has 1 aliphatic heterocycles. The molecule has 3 aromatic carbocycles. The van der Waals surface area contributed by atoms with Gasteiger partial charge in [-0.05, 0) is 49.0 Å². The molecule has 4 aromatic rings. The second-order valence-corrected chi connectivity index (χ2v) is 9.09. The molecule has 0 saturated carbocycles. The standard InChI is InChI=1S/C28H28ClN5O2/c1-3-33-13-15-34(16-14-33)20-6-4-5-19(17-20)32-28(35)23-9-8-22(26-27(23)31-12-11-30-26)24-18-21(36-2)7-10-25(24)29/h4-12,17-18H,3,13-16H2,1-2H3,(H,32,35). The van der Waals surface area contributed by atoms with Crippen LogP contribution in [-0.2, 0) is 0 Å². The van der Waals surface area contributed by atoms with Crippen molar-refractivity contribution in [1.29, 1.82) is 0 Å². The number of anilines is 2. The number of methoxy groups -OCH3 is 1. The predicted molar refractivity (Wildman–Crippen MR) is 145 cm³/mol. The molecule has 1 saturated heterocycles. The Bertz CT molecular complexity index is 1400. The third-order valence-electron chi connectivity index (χ3n) is 6.62. The van der Waals surface area contributed by atoms with E-state index in [9.17, 15) is 4.79 Å². The van der Waals surface area contributed by atoms with Crippen LogP contribution >= 0.6 is 11.6 Å². The minimum Gasteiger partial charge on any atom is -0.497 e. The highest BCUT2D eigenvalue weighted by Crippen LogP contribution is 2.36. The highest BCUT2D eigenvalue weighted by molar-refractivity contribution is 6.33. The zero-order valence-corrected chi connectivity index (χ0v) is 21.1. The van der Waals surface area contributed by atoms with E-state index < -0.39 is 0 Å². The number of nitrogens with one attached hydrogen (secondary N) is 1. The summed E-state index contributed by atoms with van der Waals surface area (Å²) in [6.07, 6.45) is 3.20. The van der Waals surface area contributed by atoms with E-state index in [1.165, 1.54) is 0 Å². The van der Waals surface area contributed by atoms with Crippen LogP contribution in [0, 0.1) is 0 Å². The summed E-state index contributed by atoms with van der Waals surface area (Å²) in [5, 5.41) is 3.62. The minimum absolute atomic E-state index is 0.239. The molecular weight excluding hydrogens is 474 g/mol. The smallest absolute Gasteiger partial charge is 0.257 e. The maximum absolute atomic E-state index is 13.4. The van der Waals surface area contributed by atoms with Gasteiger partial charge < -0.3 is 19.9 Å². The highest BCUT2D eigenvalue weighted by atomic mass is 35.5. The van der Waals surface area contributed by atoms with Crippen molar-refractivity contribution in [3.8, 4) is 16.9 Å². The number of carbonyl (C=O) groups excluding carboxylic acids is 1. The first-order valence-corrected chi connectivity index (χ1v) is 12.4. The molecule has 1 aromatic heterocycles. The van der Waals surface area contributed by atoms with Gasteiger partial charge in [0.1, 0.15) is 11.3 Å². The summed E-state index contributed by atoms with van der Waals surface area (Å²) in [5.41, 5.74) is 4.96. The van der Waals surface area contributed by atoms with Crippen LogP contribution in [0.4, 0.5) is 11.4 Å². The number of carbonyl (C=O) groups is 1. The summed E-state index contributed by atoms with van der Waals surface area (Å²) in [6.45, 7) is 7.30. The van der Waals surface area contributed by atoms with Gasteiger partial charge in [0.2, 0.25) is 0 Å². The lowest BCUT2D eigenvalue weighted by atomic mass is 10.00. The van der Waals surface area contributed by atoms with Crippen molar-refractivity contribution in [2.24, 2.45) is 0 Å². The summed E-state index contributed by atoms with van der Waals surface area (Å²) in [6, 6.07) is 17.1. The Balaban J connectivity index is 1.43. The van der Waals surface area contributed by atoms with E-state index in [1.54, 1.807) is 37.7 Å². The molecule has 0 radical (unpaired) electrons. The van der Waals surface area contributed by atoms with Gasteiger partial charge in [0.05, 0.1) is 18.2 Å². The maximum atomic E-state index is 13.4. The number of halogens is 1. The Morgan fingerprint density at radius 1 is 0.972 bits per heavy atom. The quantitative estimate of drug-likeness (QED) is 0.384. The second kappa shape index (κ2) is 10.5. The molecule has 1 N–H and O–H groups in total. The number of hydrogen-bond acceptors (Lipinski definition) is 6. The molecule has 1 fully saturated rings. The molecule has 2 heterocycles. The van der Waals surface area contributed by atoms with Gasteiger partial charge in [-0.25, -0.2) is 0 Å². The summed E-state index contributed by atoms with van der Waals surface area (Å²) >= 11 is 6.50. The van der Waals surface area contributed by atoms with Crippen LogP contribution in [0.15, 0.2) is 67.0 Å². The molecule has 1 aliphatic rings. The van der Waals surface area contributed by atoms with Crippen LogP contribution < -0.4 is 15.0 Å². The molecular formula is C28H28ClN5O2. The van der Waals surface area contributed by atoms with Gasteiger partial charge in [-0.15, -0.1) is 0 Å². The maximum Gasteiger partial charge on any atom is 0.257 e.